The molecule has 3 aromatic carbocycles. The van der Waals surface area contributed by atoms with Gasteiger partial charge in [-0.15, -0.1) is 0 Å². The summed E-state index contributed by atoms with van der Waals surface area (Å²) < 4.78 is 22.1. The zero-order chi connectivity index (χ0) is 22.8. The lowest BCUT2D eigenvalue weighted by molar-refractivity contribution is 0.102. The Morgan fingerprint density at radius 1 is 0.875 bits per heavy atom. The molecule has 7 nitrogen and oxygen atoms in total. The van der Waals surface area contributed by atoms with Crippen LogP contribution >= 0.6 is 0 Å². The summed E-state index contributed by atoms with van der Waals surface area (Å²) in [5.41, 5.74) is 5.34. The van der Waals surface area contributed by atoms with Crippen molar-refractivity contribution in [3.63, 3.8) is 0 Å². The minimum atomic E-state index is -0.180. The van der Waals surface area contributed by atoms with Crippen molar-refractivity contribution in [3.05, 3.63) is 65.2 Å². The number of anilines is 1. The van der Waals surface area contributed by atoms with Crippen LogP contribution in [0.1, 0.15) is 21.5 Å². The molecule has 0 radical (unpaired) electrons. The average molecular weight is 432 g/mol. The number of amides is 1. The van der Waals surface area contributed by atoms with E-state index in [1.54, 1.807) is 51.7 Å². The zero-order valence-electron chi connectivity index (χ0n) is 18.6. The molecule has 0 saturated heterocycles. The number of nitrogens with zero attached hydrogens (tertiary/aromatic N) is 1. The van der Waals surface area contributed by atoms with Crippen molar-refractivity contribution in [2.45, 2.75) is 13.8 Å². The van der Waals surface area contributed by atoms with E-state index in [0.29, 0.717) is 51.1 Å². The molecule has 1 amide bonds. The lowest BCUT2D eigenvalue weighted by Crippen LogP contribution is -2.12. The summed E-state index contributed by atoms with van der Waals surface area (Å²) in [6.07, 6.45) is 0. The number of hydrogen-bond acceptors (Lipinski definition) is 6. The van der Waals surface area contributed by atoms with Gasteiger partial charge in [-0.2, -0.15) is 0 Å². The number of nitrogens with one attached hydrogen (secondary N) is 1. The fourth-order valence-corrected chi connectivity index (χ4v) is 3.42. The van der Waals surface area contributed by atoms with E-state index in [1.807, 2.05) is 32.0 Å². The van der Waals surface area contributed by atoms with E-state index in [0.717, 1.165) is 11.1 Å². The molecule has 0 aliphatic heterocycles. The van der Waals surface area contributed by atoms with Crippen LogP contribution in [0.4, 0.5) is 5.69 Å². The molecule has 0 spiro atoms. The molecule has 1 heterocycles. The smallest absolute Gasteiger partial charge is 0.255 e. The van der Waals surface area contributed by atoms with Gasteiger partial charge in [-0.3, -0.25) is 4.79 Å². The largest absolute Gasteiger partial charge is 0.493 e. The third-order valence-electron chi connectivity index (χ3n) is 5.33. The van der Waals surface area contributed by atoms with Gasteiger partial charge in [0.1, 0.15) is 5.52 Å². The Balaban J connectivity index is 1.65. The summed E-state index contributed by atoms with van der Waals surface area (Å²) in [6.45, 7) is 4.00. The van der Waals surface area contributed by atoms with Gasteiger partial charge < -0.3 is 23.9 Å². The summed E-state index contributed by atoms with van der Waals surface area (Å²) in [5.74, 6) is 1.72. The maximum absolute atomic E-state index is 12.6. The van der Waals surface area contributed by atoms with Gasteiger partial charge in [0.15, 0.2) is 17.1 Å². The van der Waals surface area contributed by atoms with Gasteiger partial charge in [0.25, 0.3) is 5.91 Å². The maximum Gasteiger partial charge on any atom is 0.255 e. The number of aromatic nitrogens is 1. The first-order valence-electron chi connectivity index (χ1n) is 10.0. The van der Waals surface area contributed by atoms with E-state index in [-0.39, 0.29) is 5.91 Å². The molecule has 4 aromatic rings. The topological polar surface area (TPSA) is 82.8 Å². The maximum atomic E-state index is 12.6. The highest BCUT2D eigenvalue weighted by atomic mass is 16.5. The SMILES string of the molecule is COc1cc(-c2nc3cc(NC(=O)c4ccc(C)c(C)c4)ccc3o2)cc(OC)c1OC. The third kappa shape index (κ3) is 3.97. The minimum absolute atomic E-state index is 0.180. The third-order valence-corrected chi connectivity index (χ3v) is 5.33. The fraction of sp³-hybridized carbons (Fsp3) is 0.200. The molecule has 0 unspecified atom stereocenters. The molecule has 0 aliphatic rings. The van der Waals surface area contributed by atoms with Crippen LogP contribution in [-0.2, 0) is 0 Å². The Morgan fingerprint density at radius 2 is 1.59 bits per heavy atom. The summed E-state index contributed by atoms with van der Waals surface area (Å²) >= 11 is 0. The number of ether oxygens (including phenoxy) is 3. The van der Waals surface area contributed by atoms with E-state index < -0.39 is 0 Å². The summed E-state index contributed by atoms with van der Waals surface area (Å²) in [7, 11) is 4.66. The van der Waals surface area contributed by atoms with Crippen LogP contribution in [0.25, 0.3) is 22.6 Å². The van der Waals surface area contributed by atoms with Crippen LogP contribution in [0, 0.1) is 13.8 Å². The lowest BCUT2D eigenvalue weighted by Gasteiger charge is -2.12. The molecule has 0 atom stereocenters. The quantitative estimate of drug-likeness (QED) is 0.440. The van der Waals surface area contributed by atoms with Crippen molar-refractivity contribution in [1.82, 2.24) is 4.98 Å². The first-order chi connectivity index (χ1) is 15.4. The second-order valence-corrected chi connectivity index (χ2v) is 7.37. The van der Waals surface area contributed by atoms with E-state index in [2.05, 4.69) is 10.3 Å². The number of fused-ring (bicyclic) bond motifs is 1. The van der Waals surface area contributed by atoms with Crippen LogP contribution in [0.2, 0.25) is 0 Å². The molecular weight excluding hydrogens is 408 g/mol. The van der Waals surface area contributed by atoms with Crippen LogP contribution in [0.3, 0.4) is 0 Å². The molecule has 7 heteroatoms. The van der Waals surface area contributed by atoms with Crippen LogP contribution in [0.15, 0.2) is 52.9 Å². The van der Waals surface area contributed by atoms with Crippen molar-refractivity contribution in [1.29, 1.82) is 0 Å². The minimum Gasteiger partial charge on any atom is -0.493 e. The Morgan fingerprint density at radius 3 is 2.22 bits per heavy atom. The Bertz CT molecular complexity index is 1280. The van der Waals surface area contributed by atoms with Crippen LogP contribution < -0.4 is 19.5 Å². The fourth-order valence-electron chi connectivity index (χ4n) is 3.42. The van der Waals surface area contributed by atoms with Gasteiger partial charge in [-0.1, -0.05) is 6.07 Å². The van der Waals surface area contributed by atoms with Crippen LogP contribution in [0.5, 0.6) is 17.2 Å². The number of methoxy groups -OCH3 is 3. The van der Waals surface area contributed by atoms with Crippen molar-refractivity contribution >= 4 is 22.7 Å². The van der Waals surface area contributed by atoms with Crippen molar-refractivity contribution in [2.75, 3.05) is 26.6 Å². The molecule has 4 rings (SSSR count). The normalized spacial score (nSPS) is 10.8. The van der Waals surface area contributed by atoms with Gasteiger partial charge in [0, 0.05) is 16.8 Å². The van der Waals surface area contributed by atoms with Gasteiger partial charge in [0.05, 0.1) is 21.3 Å². The molecule has 1 aromatic heterocycles. The first-order valence-corrected chi connectivity index (χ1v) is 10.0. The van der Waals surface area contributed by atoms with Crippen molar-refractivity contribution < 1.29 is 23.4 Å². The van der Waals surface area contributed by atoms with E-state index in [4.69, 9.17) is 18.6 Å². The molecule has 0 bridgehead atoms. The summed E-state index contributed by atoms with van der Waals surface area (Å²) in [6, 6.07) is 14.5. The standard InChI is InChI=1S/C25H24N2O5/c1-14-6-7-16(10-15(14)2)24(28)26-18-8-9-20-19(13-18)27-25(32-20)17-11-21(29-3)23(31-5)22(12-17)30-4/h6-13H,1-5H3,(H,26,28). The molecule has 32 heavy (non-hydrogen) atoms. The van der Waals surface area contributed by atoms with Gasteiger partial charge in [-0.05, 0) is 67.4 Å². The highest BCUT2D eigenvalue weighted by Gasteiger charge is 2.18. The lowest BCUT2D eigenvalue weighted by atomic mass is 10.1. The van der Waals surface area contributed by atoms with Crippen LogP contribution in [-0.4, -0.2) is 32.2 Å². The zero-order valence-corrected chi connectivity index (χ0v) is 18.6. The van der Waals surface area contributed by atoms with E-state index in [1.165, 1.54) is 0 Å². The van der Waals surface area contributed by atoms with Gasteiger partial charge in [-0.25, -0.2) is 4.98 Å². The number of benzene rings is 3. The summed E-state index contributed by atoms with van der Waals surface area (Å²) in [4.78, 5) is 17.2. The number of hydrogen-bond donors (Lipinski definition) is 1. The Kier molecular flexibility index (Phi) is 5.73. The van der Waals surface area contributed by atoms with Gasteiger partial charge >= 0.3 is 0 Å². The predicted molar refractivity (Wildman–Crippen MR) is 123 cm³/mol. The molecule has 1 N–H and O–H groups in total. The molecule has 164 valence electrons. The molecule has 0 aliphatic carbocycles. The highest BCUT2D eigenvalue weighted by Crippen LogP contribution is 2.41. The highest BCUT2D eigenvalue weighted by molar-refractivity contribution is 6.05. The molecule has 0 saturated carbocycles. The van der Waals surface area contributed by atoms with Crippen molar-refractivity contribution in [2.24, 2.45) is 0 Å². The second kappa shape index (κ2) is 8.63. The van der Waals surface area contributed by atoms with E-state index in [9.17, 15) is 4.79 Å². The first kappa shape index (κ1) is 21.2. The number of oxazole rings is 1. The number of rotatable bonds is 6. The monoisotopic (exact) mass is 432 g/mol. The number of carbonyl (C=O) groups is 1. The Labute approximate surface area is 185 Å². The summed E-state index contributed by atoms with van der Waals surface area (Å²) in [5, 5.41) is 2.92. The molecular formula is C25H24N2O5. The number of carbonyl (C=O) groups excluding carboxylic acids is 1. The number of aryl methyl sites for hydroxylation is 2. The second-order valence-electron chi connectivity index (χ2n) is 7.37. The van der Waals surface area contributed by atoms with Gasteiger partial charge in [0.2, 0.25) is 11.6 Å². The van der Waals surface area contributed by atoms with Crippen molar-refractivity contribution in [3.8, 4) is 28.7 Å². The molecule has 0 fully saturated rings. The average Bonchev–Trinajstić information content (AvgIpc) is 3.23. The predicted octanol–water partition coefficient (Wildman–Crippen LogP) is 5.39. The van der Waals surface area contributed by atoms with E-state index >= 15 is 0 Å². The Hall–Kier alpha value is -4.00.